The van der Waals surface area contributed by atoms with E-state index >= 15 is 0 Å². The van der Waals surface area contributed by atoms with Crippen LogP contribution < -0.4 is 14.9 Å². The molecule has 200 valence electrons. The van der Waals surface area contributed by atoms with Crippen LogP contribution in [-0.4, -0.2) is 56.4 Å². The molecule has 3 atom stereocenters. The molecule has 12 heteroatoms. The second-order valence-corrected chi connectivity index (χ2v) is 12.1. The average Bonchev–Trinajstić information content (AvgIpc) is 3.29. The Balaban J connectivity index is 1.72. The van der Waals surface area contributed by atoms with Crippen LogP contribution in [0.25, 0.3) is 11.5 Å². The van der Waals surface area contributed by atoms with Gasteiger partial charge in [0.05, 0.1) is 18.3 Å². The number of hydrogen-bond acceptors (Lipinski definition) is 8. The number of rotatable bonds is 11. The van der Waals surface area contributed by atoms with Gasteiger partial charge in [-0.15, -0.1) is 10.2 Å². The van der Waals surface area contributed by atoms with E-state index < -0.39 is 28.5 Å². The first-order valence-electron chi connectivity index (χ1n) is 12.0. The number of aromatic nitrogens is 3. The van der Waals surface area contributed by atoms with Crippen molar-refractivity contribution in [3.63, 3.8) is 0 Å². The molecular formula is C25H32F2N6O3S. The van der Waals surface area contributed by atoms with Crippen molar-refractivity contribution in [1.29, 1.82) is 0 Å². The van der Waals surface area contributed by atoms with Crippen LogP contribution in [0.4, 0.5) is 20.4 Å². The Kier molecular flexibility index (Phi) is 7.52. The van der Waals surface area contributed by atoms with Crippen molar-refractivity contribution in [3.05, 3.63) is 53.9 Å². The van der Waals surface area contributed by atoms with E-state index in [1.54, 1.807) is 13.0 Å². The van der Waals surface area contributed by atoms with E-state index in [9.17, 15) is 17.2 Å². The van der Waals surface area contributed by atoms with Crippen LogP contribution in [0.15, 0.2) is 46.9 Å². The van der Waals surface area contributed by atoms with Crippen molar-refractivity contribution in [3.8, 4) is 11.5 Å². The van der Waals surface area contributed by atoms with Crippen LogP contribution in [0.2, 0.25) is 0 Å². The maximum atomic E-state index is 13.5. The third kappa shape index (κ3) is 6.61. The first-order valence-corrected chi connectivity index (χ1v) is 13.8. The molecule has 2 N–H and O–H groups in total. The standard InChI is InChI=1S/C25H32F2N6O3S/c1-16-10-19(16)14-33(15-20(26)27)22-12-18(11-21(29-22)32(3)37(4,34)35)23-30-31-24(36-23)25(2,28)13-17-8-6-5-7-9-17/h5-9,11-12,16,19-20H,10,13-15,28H2,1-4H3/t16?,19?,25-/m1/s1. The number of pyridine rings is 1. The lowest BCUT2D eigenvalue weighted by Crippen LogP contribution is -2.35. The first-order chi connectivity index (χ1) is 17.3. The second-order valence-electron chi connectivity index (χ2n) is 10.1. The molecule has 0 aliphatic heterocycles. The molecule has 0 radical (unpaired) electrons. The van der Waals surface area contributed by atoms with Gasteiger partial charge < -0.3 is 15.1 Å². The van der Waals surface area contributed by atoms with Gasteiger partial charge in [0.25, 0.3) is 6.43 Å². The summed E-state index contributed by atoms with van der Waals surface area (Å²) in [5.74, 6) is 1.25. The zero-order valence-electron chi connectivity index (χ0n) is 21.3. The molecule has 2 unspecified atom stereocenters. The van der Waals surface area contributed by atoms with Crippen molar-refractivity contribution >= 4 is 21.7 Å². The van der Waals surface area contributed by atoms with Crippen molar-refractivity contribution < 1.29 is 21.6 Å². The van der Waals surface area contributed by atoms with Gasteiger partial charge in [-0.05, 0) is 49.3 Å². The molecule has 0 amide bonds. The number of nitrogens with zero attached hydrogens (tertiary/aromatic N) is 5. The lowest BCUT2D eigenvalue weighted by Gasteiger charge is -2.26. The number of nitrogens with two attached hydrogens (primary N) is 1. The quantitative estimate of drug-likeness (QED) is 0.396. The number of halogens is 2. The van der Waals surface area contributed by atoms with Gasteiger partial charge >= 0.3 is 0 Å². The smallest absolute Gasteiger partial charge is 0.255 e. The summed E-state index contributed by atoms with van der Waals surface area (Å²) in [7, 11) is -2.33. The minimum absolute atomic E-state index is 0.0534. The fraction of sp³-hybridized carbons (Fsp3) is 0.480. The molecule has 0 spiro atoms. The van der Waals surface area contributed by atoms with Crippen LogP contribution in [0.1, 0.15) is 31.7 Å². The topological polar surface area (TPSA) is 118 Å². The molecule has 0 bridgehead atoms. The zero-order chi connectivity index (χ0) is 27.0. The Morgan fingerprint density at radius 3 is 2.43 bits per heavy atom. The normalized spacial score (nSPS) is 19.0. The van der Waals surface area contributed by atoms with E-state index in [1.165, 1.54) is 18.0 Å². The number of benzene rings is 1. The van der Waals surface area contributed by atoms with Crippen molar-refractivity contribution in [2.75, 3.05) is 35.6 Å². The largest absolute Gasteiger partial charge is 0.419 e. The monoisotopic (exact) mass is 534 g/mol. The van der Waals surface area contributed by atoms with Crippen LogP contribution in [-0.2, 0) is 22.0 Å². The Hall–Kier alpha value is -3.12. The highest BCUT2D eigenvalue weighted by atomic mass is 32.2. The summed E-state index contributed by atoms with van der Waals surface area (Å²) in [6.07, 6.45) is -0.167. The second kappa shape index (κ2) is 10.3. The maximum absolute atomic E-state index is 13.5. The molecule has 4 rings (SSSR count). The number of hydrogen-bond donors (Lipinski definition) is 1. The van der Waals surface area contributed by atoms with E-state index in [2.05, 4.69) is 22.1 Å². The summed E-state index contributed by atoms with van der Waals surface area (Å²) in [6.45, 7) is 3.70. The van der Waals surface area contributed by atoms with E-state index in [4.69, 9.17) is 10.2 Å². The van der Waals surface area contributed by atoms with E-state index in [0.29, 0.717) is 24.4 Å². The van der Waals surface area contributed by atoms with Crippen LogP contribution >= 0.6 is 0 Å². The van der Waals surface area contributed by atoms with Gasteiger partial charge in [-0.25, -0.2) is 22.2 Å². The van der Waals surface area contributed by atoms with Gasteiger partial charge in [-0.1, -0.05) is 37.3 Å². The van der Waals surface area contributed by atoms with Gasteiger partial charge in [-0.3, -0.25) is 4.31 Å². The van der Waals surface area contributed by atoms with E-state index in [1.807, 2.05) is 30.3 Å². The van der Waals surface area contributed by atoms with Crippen LogP contribution in [0, 0.1) is 11.8 Å². The average molecular weight is 535 g/mol. The predicted molar refractivity (Wildman–Crippen MR) is 138 cm³/mol. The summed E-state index contributed by atoms with van der Waals surface area (Å²) in [6, 6.07) is 12.7. The highest BCUT2D eigenvalue weighted by Gasteiger charge is 2.35. The SMILES string of the molecule is CC1CC1CN(CC(F)F)c1cc(-c2nnc([C@](C)(N)Cc3ccccc3)o2)cc(N(C)S(C)(=O)=O)n1. The van der Waals surface area contributed by atoms with Crippen molar-refractivity contribution in [2.24, 2.45) is 17.6 Å². The van der Waals surface area contributed by atoms with Crippen LogP contribution in [0.5, 0.6) is 0 Å². The van der Waals surface area contributed by atoms with Crippen molar-refractivity contribution in [2.45, 2.75) is 38.7 Å². The highest BCUT2D eigenvalue weighted by molar-refractivity contribution is 7.92. The number of anilines is 2. The van der Waals surface area contributed by atoms with Gasteiger partial charge in [0.15, 0.2) is 0 Å². The highest BCUT2D eigenvalue weighted by Crippen LogP contribution is 2.39. The lowest BCUT2D eigenvalue weighted by atomic mass is 9.94. The van der Waals surface area contributed by atoms with E-state index in [-0.39, 0.29) is 29.3 Å². The van der Waals surface area contributed by atoms with Crippen LogP contribution in [0.3, 0.4) is 0 Å². The van der Waals surface area contributed by atoms with E-state index in [0.717, 1.165) is 22.5 Å². The molecular weight excluding hydrogens is 502 g/mol. The summed E-state index contributed by atoms with van der Waals surface area (Å²) in [5.41, 5.74) is 6.89. The fourth-order valence-electron chi connectivity index (χ4n) is 4.15. The Morgan fingerprint density at radius 1 is 1.19 bits per heavy atom. The minimum Gasteiger partial charge on any atom is -0.419 e. The number of sulfonamides is 1. The molecule has 1 aliphatic rings. The molecule has 1 fully saturated rings. The molecule has 9 nitrogen and oxygen atoms in total. The fourth-order valence-corrected chi connectivity index (χ4v) is 4.58. The minimum atomic E-state index is -3.67. The molecule has 37 heavy (non-hydrogen) atoms. The molecule has 1 aliphatic carbocycles. The third-order valence-corrected chi connectivity index (χ3v) is 7.79. The molecule has 0 saturated heterocycles. The summed E-state index contributed by atoms with van der Waals surface area (Å²) < 4.78 is 58.4. The van der Waals surface area contributed by atoms with Crippen molar-refractivity contribution in [1.82, 2.24) is 15.2 Å². The molecule has 3 aromatic rings. The lowest BCUT2D eigenvalue weighted by molar-refractivity contribution is 0.154. The summed E-state index contributed by atoms with van der Waals surface area (Å²) in [5, 5.41) is 8.29. The Morgan fingerprint density at radius 2 is 1.84 bits per heavy atom. The molecule has 2 aromatic heterocycles. The number of alkyl halides is 2. The molecule has 1 aromatic carbocycles. The predicted octanol–water partition coefficient (Wildman–Crippen LogP) is 3.67. The van der Waals surface area contributed by atoms with Gasteiger partial charge in [0.1, 0.15) is 11.6 Å². The Bertz CT molecular complexity index is 1330. The van der Waals surface area contributed by atoms with Gasteiger partial charge in [0.2, 0.25) is 21.8 Å². The third-order valence-electron chi connectivity index (χ3n) is 6.61. The van der Waals surface area contributed by atoms with Gasteiger partial charge in [0, 0.05) is 19.2 Å². The molecule has 1 saturated carbocycles. The zero-order valence-corrected chi connectivity index (χ0v) is 22.1. The maximum Gasteiger partial charge on any atom is 0.255 e. The Labute approximate surface area is 215 Å². The summed E-state index contributed by atoms with van der Waals surface area (Å²) in [4.78, 5) is 5.91. The first kappa shape index (κ1) is 26.9. The summed E-state index contributed by atoms with van der Waals surface area (Å²) >= 11 is 0. The van der Waals surface area contributed by atoms with Gasteiger partial charge in [-0.2, -0.15) is 0 Å². The molecule has 2 heterocycles.